The van der Waals surface area contributed by atoms with E-state index in [0.29, 0.717) is 16.4 Å². The van der Waals surface area contributed by atoms with Crippen molar-refractivity contribution in [2.45, 2.75) is 6.92 Å². The van der Waals surface area contributed by atoms with Crippen molar-refractivity contribution < 1.29 is 14.0 Å². The van der Waals surface area contributed by atoms with Crippen LogP contribution >= 0.6 is 11.3 Å². The van der Waals surface area contributed by atoms with Crippen LogP contribution in [0.1, 0.15) is 26.6 Å². The number of aryl methyl sites for hydroxylation is 1. The maximum Gasteiger partial charge on any atom is 0.291 e. The number of hydrogen-bond acceptors (Lipinski definition) is 5. The summed E-state index contributed by atoms with van der Waals surface area (Å²) in [7, 11) is 0. The van der Waals surface area contributed by atoms with E-state index >= 15 is 0 Å². The minimum Gasteiger partial charge on any atom is -0.459 e. The first-order valence-electron chi connectivity index (χ1n) is 9.88. The molecule has 32 heavy (non-hydrogen) atoms. The average molecular weight is 443 g/mol. The summed E-state index contributed by atoms with van der Waals surface area (Å²) in [5, 5.41) is 9.12. The van der Waals surface area contributed by atoms with Crippen LogP contribution in [0.3, 0.4) is 0 Å². The summed E-state index contributed by atoms with van der Waals surface area (Å²) in [5.41, 5.74) is 4.96. The van der Waals surface area contributed by atoms with Crippen LogP contribution in [0.25, 0.3) is 22.2 Å². The number of carbonyl (C=O) groups is 2. The molecule has 5 rings (SSSR count). The molecular formula is C24H18N4O3S. The van der Waals surface area contributed by atoms with Crippen molar-refractivity contribution in [3.63, 3.8) is 0 Å². The maximum atomic E-state index is 12.7. The van der Waals surface area contributed by atoms with Crippen LogP contribution in [0.2, 0.25) is 0 Å². The molecule has 8 heteroatoms. The molecule has 0 bridgehead atoms. The zero-order valence-electron chi connectivity index (χ0n) is 17.0. The standard InChI is InChI=1S/C24H18N4O3S/c1-14-21(17-5-2-3-6-18(17)25-14)19-13-32-24(27-19)28-22(29)15-8-10-16(11-9-15)26-23(30)20-7-4-12-31-20/h2-13,25H,1H3,(H,26,30)(H,27,28,29). The number of thiazole rings is 1. The van der Waals surface area contributed by atoms with E-state index in [-0.39, 0.29) is 17.6 Å². The highest BCUT2D eigenvalue weighted by Gasteiger charge is 2.15. The van der Waals surface area contributed by atoms with Gasteiger partial charge in [-0.05, 0) is 49.4 Å². The Morgan fingerprint density at radius 1 is 0.969 bits per heavy atom. The molecule has 0 atom stereocenters. The second-order valence-corrected chi connectivity index (χ2v) is 8.03. The predicted molar refractivity (Wildman–Crippen MR) is 125 cm³/mol. The molecule has 3 N–H and O–H groups in total. The number of nitrogens with one attached hydrogen (secondary N) is 3. The van der Waals surface area contributed by atoms with Crippen LogP contribution in [-0.4, -0.2) is 21.8 Å². The van der Waals surface area contributed by atoms with E-state index in [1.54, 1.807) is 36.4 Å². The number of benzene rings is 2. The van der Waals surface area contributed by atoms with Gasteiger partial charge in [0.05, 0.1) is 12.0 Å². The number of aromatic nitrogens is 2. The summed E-state index contributed by atoms with van der Waals surface area (Å²) < 4.78 is 5.07. The molecule has 0 aliphatic heterocycles. The number of carbonyl (C=O) groups excluding carboxylic acids is 2. The molecule has 0 unspecified atom stereocenters. The SMILES string of the molecule is Cc1[nH]c2ccccc2c1-c1csc(NC(=O)c2ccc(NC(=O)c3ccco3)cc2)n1. The van der Waals surface area contributed by atoms with E-state index < -0.39 is 0 Å². The fourth-order valence-corrected chi connectivity index (χ4v) is 4.22. The highest BCUT2D eigenvalue weighted by Crippen LogP contribution is 2.34. The molecule has 2 amide bonds. The molecule has 0 radical (unpaired) electrons. The Hall–Kier alpha value is -4.17. The number of H-pyrrole nitrogens is 1. The number of furan rings is 1. The van der Waals surface area contributed by atoms with Crippen LogP contribution < -0.4 is 10.6 Å². The minimum atomic E-state index is -0.352. The third-order valence-corrected chi connectivity index (χ3v) is 5.78. The highest BCUT2D eigenvalue weighted by atomic mass is 32.1. The first kappa shape index (κ1) is 19.8. The predicted octanol–water partition coefficient (Wildman–Crippen LogP) is 5.70. The Labute approximate surface area is 187 Å². The number of rotatable bonds is 5. The normalized spacial score (nSPS) is 10.9. The molecule has 3 heterocycles. The van der Waals surface area contributed by atoms with Crippen molar-refractivity contribution in [1.82, 2.24) is 9.97 Å². The molecule has 0 spiro atoms. The van der Waals surface area contributed by atoms with Crippen molar-refractivity contribution in [3.05, 3.63) is 89.3 Å². The van der Waals surface area contributed by atoms with E-state index in [4.69, 9.17) is 4.42 Å². The lowest BCUT2D eigenvalue weighted by Gasteiger charge is -2.05. The number of fused-ring (bicyclic) bond motifs is 1. The molecule has 0 saturated carbocycles. The molecule has 158 valence electrons. The smallest absolute Gasteiger partial charge is 0.291 e. The van der Waals surface area contributed by atoms with Gasteiger partial charge in [0.15, 0.2) is 10.9 Å². The lowest BCUT2D eigenvalue weighted by Crippen LogP contribution is -2.13. The lowest BCUT2D eigenvalue weighted by atomic mass is 10.1. The van der Waals surface area contributed by atoms with Gasteiger partial charge >= 0.3 is 0 Å². The van der Waals surface area contributed by atoms with Gasteiger partial charge in [0.2, 0.25) is 0 Å². The van der Waals surface area contributed by atoms with Crippen LogP contribution in [0, 0.1) is 6.92 Å². The maximum absolute atomic E-state index is 12.7. The Bertz CT molecular complexity index is 1420. The summed E-state index contributed by atoms with van der Waals surface area (Å²) in [5.74, 6) is -0.405. The molecule has 0 aliphatic carbocycles. The van der Waals surface area contributed by atoms with Gasteiger partial charge in [0, 0.05) is 38.8 Å². The van der Waals surface area contributed by atoms with Gasteiger partial charge in [0.25, 0.3) is 11.8 Å². The van der Waals surface area contributed by atoms with Gasteiger partial charge in [-0.25, -0.2) is 4.98 Å². The fourth-order valence-electron chi connectivity index (χ4n) is 3.53. The van der Waals surface area contributed by atoms with Crippen molar-refractivity contribution in [2.24, 2.45) is 0 Å². The summed E-state index contributed by atoms with van der Waals surface area (Å²) in [6.45, 7) is 2.01. The van der Waals surface area contributed by atoms with E-state index in [0.717, 1.165) is 27.9 Å². The average Bonchev–Trinajstić information content (AvgIpc) is 3.53. The van der Waals surface area contributed by atoms with Crippen LogP contribution in [0.15, 0.2) is 76.7 Å². The Kier molecular flexibility index (Phi) is 5.04. The molecule has 3 aromatic heterocycles. The molecule has 0 fully saturated rings. The third kappa shape index (κ3) is 3.79. The number of aromatic amines is 1. The van der Waals surface area contributed by atoms with Crippen molar-refractivity contribution >= 4 is 44.9 Å². The number of para-hydroxylation sites is 1. The van der Waals surface area contributed by atoms with E-state index in [2.05, 4.69) is 26.7 Å². The van der Waals surface area contributed by atoms with Crippen molar-refractivity contribution in [1.29, 1.82) is 0 Å². The van der Waals surface area contributed by atoms with Gasteiger partial charge in [0.1, 0.15) is 0 Å². The molecule has 5 aromatic rings. The van der Waals surface area contributed by atoms with Crippen LogP contribution in [-0.2, 0) is 0 Å². The van der Waals surface area contributed by atoms with Crippen molar-refractivity contribution in [2.75, 3.05) is 10.6 Å². The number of nitrogens with zero attached hydrogens (tertiary/aromatic N) is 1. The monoisotopic (exact) mass is 442 g/mol. The Balaban J connectivity index is 1.29. The molecule has 0 saturated heterocycles. The molecule has 0 aliphatic rings. The van der Waals surface area contributed by atoms with Gasteiger partial charge in [-0.15, -0.1) is 11.3 Å². The highest BCUT2D eigenvalue weighted by molar-refractivity contribution is 7.14. The van der Waals surface area contributed by atoms with Gasteiger partial charge in [-0.1, -0.05) is 18.2 Å². The Morgan fingerprint density at radius 3 is 2.56 bits per heavy atom. The van der Waals surface area contributed by atoms with Crippen molar-refractivity contribution in [3.8, 4) is 11.3 Å². The summed E-state index contributed by atoms with van der Waals surface area (Å²) >= 11 is 1.37. The summed E-state index contributed by atoms with van der Waals surface area (Å²) in [6.07, 6.45) is 1.44. The number of hydrogen-bond donors (Lipinski definition) is 3. The minimum absolute atomic E-state index is 0.219. The third-order valence-electron chi connectivity index (χ3n) is 5.02. The number of amides is 2. The fraction of sp³-hybridized carbons (Fsp3) is 0.0417. The number of anilines is 2. The van der Waals surface area contributed by atoms with E-state index in [1.165, 1.54) is 17.6 Å². The first-order chi connectivity index (χ1) is 15.6. The zero-order chi connectivity index (χ0) is 22.1. The second kappa shape index (κ2) is 8.16. The van der Waals surface area contributed by atoms with Gasteiger partial charge < -0.3 is 14.7 Å². The molecule has 2 aromatic carbocycles. The topological polar surface area (TPSA) is 100 Å². The largest absolute Gasteiger partial charge is 0.459 e. The molecule has 7 nitrogen and oxygen atoms in total. The zero-order valence-corrected chi connectivity index (χ0v) is 17.8. The quantitative estimate of drug-likeness (QED) is 0.325. The Morgan fingerprint density at radius 2 is 1.78 bits per heavy atom. The molecular weight excluding hydrogens is 424 g/mol. The summed E-state index contributed by atoms with van der Waals surface area (Å²) in [4.78, 5) is 32.7. The first-order valence-corrected chi connectivity index (χ1v) is 10.8. The van der Waals surface area contributed by atoms with E-state index in [9.17, 15) is 9.59 Å². The van der Waals surface area contributed by atoms with E-state index in [1.807, 2.05) is 30.5 Å². The lowest BCUT2D eigenvalue weighted by molar-refractivity contribution is 0.0995. The summed E-state index contributed by atoms with van der Waals surface area (Å²) in [6, 6.07) is 17.9. The second-order valence-electron chi connectivity index (χ2n) is 7.17. The van der Waals surface area contributed by atoms with Gasteiger partial charge in [-0.3, -0.25) is 14.9 Å². The van der Waals surface area contributed by atoms with Gasteiger partial charge in [-0.2, -0.15) is 0 Å². The van der Waals surface area contributed by atoms with Crippen LogP contribution in [0.4, 0.5) is 10.8 Å². The van der Waals surface area contributed by atoms with Crippen LogP contribution in [0.5, 0.6) is 0 Å².